The number of primary amides is 1. The van der Waals surface area contributed by atoms with Crippen LogP contribution in [-0.4, -0.2) is 28.9 Å². The van der Waals surface area contributed by atoms with Crippen molar-refractivity contribution in [2.24, 2.45) is 11.1 Å². The third kappa shape index (κ3) is 6.89. The Balaban J connectivity index is 1.85. The van der Waals surface area contributed by atoms with Gasteiger partial charge in [0, 0.05) is 12.1 Å². The summed E-state index contributed by atoms with van der Waals surface area (Å²) in [6.45, 7) is 7.98. The first kappa shape index (κ1) is 28.9. The van der Waals surface area contributed by atoms with Crippen LogP contribution in [0, 0.1) is 5.41 Å². The maximum Gasteiger partial charge on any atom is 0.320 e. The van der Waals surface area contributed by atoms with Crippen molar-refractivity contribution in [3.05, 3.63) is 102 Å². The van der Waals surface area contributed by atoms with Gasteiger partial charge in [-0.05, 0) is 59.4 Å². The van der Waals surface area contributed by atoms with E-state index in [9.17, 15) is 14.4 Å². The van der Waals surface area contributed by atoms with Crippen LogP contribution in [0.1, 0.15) is 75.6 Å². The van der Waals surface area contributed by atoms with E-state index in [0.717, 1.165) is 23.1 Å². The van der Waals surface area contributed by atoms with Gasteiger partial charge in [-0.1, -0.05) is 100 Å². The summed E-state index contributed by atoms with van der Waals surface area (Å²) in [6.07, 6.45) is 1.94. The van der Waals surface area contributed by atoms with Crippen LogP contribution in [0.15, 0.2) is 84.9 Å². The molecule has 3 aromatic carbocycles. The number of carbonyl (C=O) groups is 3. The highest BCUT2D eigenvalue weighted by Gasteiger charge is 2.43. The highest BCUT2D eigenvalue weighted by atomic mass is 16.2. The summed E-state index contributed by atoms with van der Waals surface area (Å²) in [7, 11) is 0. The lowest BCUT2D eigenvalue weighted by Crippen LogP contribution is -2.57. The Morgan fingerprint density at radius 3 is 2.12 bits per heavy atom. The fraction of sp³-hybridized carbons (Fsp3) is 0.364. The van der Waals surface area contributed by atoms with Crippen molar-refractivity contribution >= 4 is 23.5 Å². The van der Waals surface area contributed by atoms with E-state index in [2.05, 4.69) is 17.6 Å². The molecule has 7 nitrogen and oxygen atoms in total. The van der Waals surface area contributed by atoms with E-state index in [1.165, 1.54) is 9.91 Å². The Hall–Kier alpha value is -4.13. The number of amides is 4. The minimum Gasteiger partial charge on any atom is -0.351 e. The lowest BCUT2D eigenvalue weighted by molar-refractivity contribution is -0.145. The monoisotopic (exact) mass is 540 g/mol. The number of rotatable bonds is 7. The zero-order valence-electron chi connectivity index (χ0n) is 23.8. The number of anilines is 1. The number of hydrogen-bond donors (Lipinski definition) is 2. The standard InChI is InChI=1S/C33H40N4O3/c1-5-23-13-12-18-27(19-23)36(32(34)40)29-21-26(24-14-8-6-9-15-24)20-28(25-16-10-7-11-17-25)37(31(29)39)35-30(38)22-33(2,3)4/h6-19,26,28-29H,5,20-22H2,1-4H3,(H2,34,40)(H,35,38). The molecule has 40 heavy (non-hydrogen) atoms. The number of nitrogens with two attached hydrogens (primary N) is 1. The van der Waals surface area contributed by atoms with Crippen LogP contribution in [0.3, 0.4) is 0 Å². The molecule has 3 N–H and O–H groups in total. The third-order valence-corrected chi connectivity index (χ3v) is 7.39. The van der Waals surface area contributed by atoms with Crippen molar-refractivity contribution in [1.29, 1.82) is 0 Å². The normalized spacial score (nSPS) is 19.6. The molecular weight excluding hydrogens is 500 g/mol. The lowest BCUT2D eigenvalue weighted by Gasteiger charge is -2.35. The van der Waals surface area contributed by atoms with Crippen LogP contribution in [0.2, 0.25) is 0 Å². The summed E-state index contributed by atoms with van der Waals surface area (Å²) >= 11 is 0. The molecule has 1 heterocycles. The SMILES string of the molecule is CCc1cccc(N(C(N)=O)C2CC(c3ccccc3)CC(c3ccccc3)N(NC(=O)CC(C)(C)C)C2=O)c1. The summed E-state index contributed by atoms with van der Waals surface area (Å²) in [5.41, 5.74) is 12.2. The summed E-state index contributed by atoms with van der Waals surface area (Å²) in [6, 6.07) is 25.2. The number of carbonyl (C=O) groups excluding carboxylic acids is 3. The van der Waals surface area contributed by atoms with E-state index in [1.807, 2.05) is 94.4 Å². The second-order valence-corrected chi connectivity index (χ2v) is 11.7. The fourth-order valence-electron chi connectivity index (χ4n) is 5.50. The first-order chi connectivity index (χ1) is 19.1. The number of aryl methyl sites for hydroxylation is 1. The van der Waals surface area contributed by atoms with Gasteiger partial charge in [-0.2, -0.15) is 0 Å². The van der Waals surface area contributed by atoms with Gasteiger partial charge in [-0.3, -0.25) is 19.9 Å². The van der Waals surface area contributed by atoms with Gasteiger partial charge >= 0.3 is 6.03 Å². The van der Waals surface area contributed by atoms with Gasteiger partial charge in [-0.15, -0.1) is 0 Å². The third-order valence-electron chi connectivity index (χ3n) is 7.39. The molecule has 210 valence electrons. The van der Waals surface area contributed by atoms with E-state index < -0.39 is 18.1 Å². The highest BCUT2D eigenvalue weighted by Crippen LogP contribution is 2.40. The smallest absolute Gasteiger partial charge is 0.320 e. The van der Waals surface area contributed by atoms with Crippen molar-refractivity contribution in [2.75, 3.05) is 4.90 Å². The molecule has 0 saturated carbocycles. The van der Waals surface area contributed by atoms with E-state index in [1.54, 1.807) is 6.07 Å². The van der Waals surface area contributed by atoms with Crippen molar-refractivity contribution in [3.63, 3.8) is 0 Å². The Morgan fingerprint density at radius 2 is 1.55 bits per heavy atom. The van der Waals surface area contributed by atoms with Gasteiger partial charge in [0.05, 0.1) is 6.04 Å². The molecule has 1 saturated heterocycles. The maximum atomic E-state index is 14.5. The lowest BCUT2D eigenvalue weighted by atomic mass is 9.86. The molecule has 3 unspecified atom stereocenters. The van der Waals surface area contributed by atoms with E-state index in [-0.39, 0.29) is 29.6 Å². The zero-order chi connectivity index (χ0) is 28.9. The molecule has 1 aliphatic rings. The second kappa shape index (κ2) is 12.4. The van der Waals surface area contributed by atoms with Crippen LogP contribution in [0.4, 0.5) is 10.5 Å². The largest absolute Gasteiger partial charge is 0.351 e. The molecule has 0 aliphatic carbocycles. The zero-order valence-corrected chi connectivity index (χ0v) is 23.8. The molecule has 3 aromatic rings. The summed E-state index contributed by atoms with van der Waals surface area (Å²) in [4.78, 5) is 42.3. The Kier molecular flexibility index (Phi) is 8.93. The number of urea groups is 1. The first-order valence-corrected chi connectivity index (χ1v) is 14.0. The highest BCUT2D eigenvalue weighted by molar-refractivity contribution is 6.00. The number of hydrazine groups is 1. The van der Waals surface area contributed by atoms with E-state index in [0.29, 0.717) is 18.5 Å². The number of nitrogens with zero attached hydrogens (tertiary/aromatic N) is 2. The van der Waals surface area contributed by atoms with Gasteiger partial charge < -0.3 is 5.73 Å². The van der Waals surface area contributed by atoms with Gasteiger partial charge in [0.2, 0.25) is 5.91 Å². The maximum absolute atomic E-state index is 14.5. The summed E-state index contributed by atoms with van der Waals surface area (Å²) in [5, 5.41) is 1.45. The number of hydrogen-bond acceptors (Lipinski definition) is 3. The quantitative estimate of drug-likeness (QED) is 0.378. The second-order valence-electron chi connectivity index (χ2n) is 11.7. The van der Waals surface area contributed by atoms with E-state index >= 15 is 0 Å². The molecule has 0 radical (unpaired) electrons. The fourth-order valence-corrected chi connectivity index (χ4v) is 5.50. The number of nitrogens with one attached hydrogen (secondary N) is 1. The summed E-state index contributed by atoms with van der Waals surface area (Å²) < 4.78 is 0. The average Bonchev–Trinajstić information content (AvgIpc) is 3.06. The minimum atomic E-state index is -0.918. The van der Waals surface area contributed by atoms with Crippen molar-refractivity contribution < 1.29 is 14.4 Å². The Labute approximate surface area is 237 Å². The van der Waals surface area contributed by atoms with Crippen LogP contribution in [0.5, 0.6) is 0 Å². The topological polar surface area (TPSA) is 95.7 Å². The number of benzene rings is 3. The first-order valence-electron chi connectivity index (χ1n) is 14.0. The van der Waals surface area contributed by atoms with Crippen LogP contribution in [-0.2, 0) is 16.0 Å². The molecule has 1 aliphatic heterocycles. The molecule has 4 rings (SSSR count). The Bertz CT molecular complexity index is 1320. The predicted molar refractivity (Wildman–Crippen MR) is 158 cm³/mol. The van der Waals surface area contributed by atoms with Crippen molar-refractivity contribution in [1.82, 2.24) is 10.4 Å². The van der Waals surface area contributed by atoms with Gasteiger partial charge in [0.25, 0.3) is 5.91 Å². The van der Waals surface area contributed by atoms with Crippen LogP contribution >= 0.6 is 0 Å². The average molecular weight is 541 g/mol. The molecule has 0 spiro atoms. The molecule has 0 aromatic heterocycles. The predicted octanol–water partition coefficient (Wildman–Crippen LogP) is 6.12. The van der Waals surface area contributed by atoms with Crippen molar-refractivity contribution in [3.8, 4) is 0 Å². The van der Waals surface area contributed by atoms with E-state index in [4.69, 9.17) is 5.73 Å². The van der Waals surface area contributed by atoms with Gasteiger partial charge in [0.15, 0.2) is 0 Å². The van der Waals surface area contributed by atoms with Crippen LogP contribution < -0.4 is 16.1 Å². The molecule has 1 fully saturated rings. The summed E-state index contributed by atoms with van der Waals surface area (Å²) in [5.74, 6) is -0.700. The van der Waals surface area contributed by atoms with Crippen molar-refractivity contribution in [2.45, 2.75) is 71.4 Å². The van der Waals surface area contributed by atoms with Crippen LogP contribution in [0.25, 0.3) is 0 Å². The molecule has 0 bridgehead atoms. The van der Waals surface area contributed by atoms with Gasteiger partial charge in [-0.25, -0.2) is 9.80 Å². The molecule has 3 atom stereocenters. The molecular formula is C33H40N4O3. The molecule has 7 heteroatoms. The Morgan fingerprint density at radius 1 is 0.925 bits per heavy atom. The molecule has 4 amide bonds. The van der Waals surface area contributed by atoms with Gasteiger partial charge in [0.1, 0.15) is 6.04 Å². The minimum absolute atomic E-state index is 0.0823.